The molecule has 0 aromatic heterocycles. The minimum Gasteiger partial charge on any atom is -0.399 e. The van der Waals surface area contributed by atoms with Crippen LogP contribution < -0.4 is 11.5 Å². The van der Waals surface area contributed by atoms with Crippen molar-refractivity contribution < 1.29 is 0 Å². The van der Waals surface area contributed by atoms with Gasteiger partial charge in [0.2, 0.25) is 0 Å². The molecule has 274 valence electrons. The van der Waals surface area contributed by atoms with Crippen molar-refractivity contribution in [1.29, 1.82) is 0 Å². The SMILES string of the molecule is CCCCCCCCCC1CCC(c2ccc(C(CCC)c3ccc(N)cc3C)cc2)(c2ccc(C(CCC)c3ccc(N)cc3C)cc2)CC1. The zero-order chi connectivity index (χ0) is 36.2. The highest BCUT2D eigenvalue weighted by molar-refractivity contribution is 5.51. The first kappa shape index (κ1) is 38.7. The third kappa shape index (κ3) is 9.68. The van der Waals surface area contributed by atoms with Gasteiger partial charge in [0.1, 0.15) is 0 Å². The maximum Gasteiger partial charge on any atom is 0.0316 e. The van der Waals surface area contributed by atoms with Crippen LogP contribution in [0.1, 0.15) is 180 Å². The van der Waals surface area contributed by atoms with E-state index in [9.17, 15) is 0 Å². The average Bonchev–Trinajstić information content (AvgIpc) is 3.14. The predicted octanol–water partition coefficient (Wildman–Crippen LogP) is 13.9. The third-order valence-electron chi connectivity index (χ3n) is 12.4. The summed E-state index contributed by atoms with van der Waals surface area (Å²) in [6.07, 6.45) is 20.9. The van der Waals surface area contributed by atoms with Gasteiger partial charge in [-0.2, -0.15) is 0 Å². The van der Waals surface area contributed by atoms with E-state index in [2.05, 4.69) is 120 Å². The van der Waals surface area contributed by atoms with Gasteiger partial charge < -0.3 is 11.5 Å². The monoisotopic (exact) mass is 685 g/mol. The number of nitrogens with two attached hydrogens (primary N) is 2. The summed E-state index contributed by atoms with van der Waals surface area (Å²) in [7, 11) is 0. The van der Waals surface area contributed by atoms with Crippen LogP contribution >= 0.6 is 0 Å². The molecule has 2 heteroatoms. The highest BCUT2D eigenvalue weighted by Gasteiger charge is 2.38. The van der Waals surface area contributed by atoms with E-state index in [4.69, 9.17) is 11.5 Å². The summed E-state index contributed by atoms with van der Waals surface area (Å²) < 4.78 is 0. The van der Waals surface area contributed by atoms with Gasteiger partial charge in [-0.15, -0.1) is 0 Å². The molecule has 2 nitrogen and oxygen atoms in total. The first-order chi connectivity index (χ1) is 24.8. The van der Waals surface area contributed by atoms with Crippen molar-refractivity contribution in [3.05, 3.63) is 129 Å². The summed E-state index contributed by atoms with van der Waals surface area (Å²) in [5, 5.41) is 0. The Morgan fingerprint density at radius 2 is 0.980 bits per heavy atom. The van der Waals surface area contributed by atoms with Gasteiger partial charge in [-0.3, -0.25) is 0 Å². The molecular weight excluding hydrogens is 617 g/mol. The van der Waals surface area contributed by atoms with Crippen molar-refractivity contribution in [3.8, 4) is 0 Å². The van der Waals surface area contributed by atoms with Crippen molar-refractivity contribution in [2.75, 3.05) is 11.5 Å². The molecule has 2 unspecified atom stereocenters. The maximum atomic E-state index is 6.16. The van der Waals surface area contributed by atoms with E-state index in [0.717, 1.165) is 43.0 Å². The number of hydrogen-bond donors (Lipinski definition) is 2. The van der Waals surface area contributed by atoms with Crippen LogP contribution in [0.3, 0.4) is 0 Å². The van der Waals surface area contributed by atoms with Crippen molar-refractivity contribution >= 4 is 11.4 Å². The fourth-order valence-electron chi connectivity index (χ4n) is 9.42. The molecule has 51 heavy (non-hydrogen) atoms. The molecule has 4 N–H and O–H groups in total. The molecule has 1 aliphatic rings. The van der Waals surface area contributed by atoms with Crippen molar-refractivity contribution in [2.45, 2.75) is 155 Å². The minimum atomic E-state index is 0.0580. The molecule has 0 bridgehead atoms. The van der Waals surface area contributed by atoms with Gasteiger partial charge in [-0.1, -0.05) is 146 Å². The fourth-order valence-corrected chi connectivity index (χ4v) is 9.42. The van der Waals surface area contributed by atoms with E-state index in [0.29, 0.717) is 11.8 Å². The maximum absolute atomic E-state index is 6.16. The number of rotatable bonds is 18. The van der Waals surface area contributed by atoms with Crippen molar-refractivity contribution in [1.82, 2.24) is 0 Å². The Hall–Kier alpha value is -3.52. The molecule has 0 spiro atoms. The Bertz CT molecular complexity index is 1520. The van der Waals surface area contributed by atoms with E-state index in [-0.39, 0.29) is 5.41 Å². The van der Waals surface area contributed by atoms with Crippen LogP contribution in [0.25, 0.3) is 0 Å². The number of hydrogen-bond acceptors (Lipinski definition) is 2. The summed E-state index contributed by atoms with van der Waals surface area (Å²) >= 11 is 0. The van der Waals surface area contributed by atoms with Crippen LogP contribution in [-0.4, -0.2) is 0 Å². The van der Waals surface area contributed by atoms with Crippen LogP contribution in [0.5, 0.6) is 0 Å². The minimum absolute atomic E-state index is 0.0580. The van der Waals surface area contributed by atoms with Gasteiger partial charge in [0.15, 0.2) is 0 Å². The molecule has 1 aliphatic carbocycles. The molecule has 0 heterocycles. The van der Waals surface area contributed by atoms with Crippen LogP contribution in [0, 0.1) is 19.8 Å². The van der Waals surface area contributed by atoms with Crippen LogP contribution in [0.4, 0.5) is 11.4 Å². The van der Waals surface area contributed by atoms with E-state index in [1.807, 2.05) is 0 Å². The lowest BCUT2D eigenvalue weighted by molar-refractivity contribution is 0.250. The Labute approximate surface area is 311 Å². The first-order valence-corrected chi connectivity index (χ1v) is 20.7. The lowest BCUT2D eigenvalue weighted by Crippen LogP contribution is -2.33. The van der Waals surface area contributed by atoms with Gasteiger partial charge in [0.25, 0.3) is 0 Å². The predicted molar refractivity (Wildman–Crippen MR) is 223 cm³/mol. The molecule has 1 saturated carbocycles. The molecule has 5 rings (SSSR count). The summed E-state index contributed by atoms with van der Waals surface area (Å²) in [6.45, 7) is 11.3. The summed E-state index contributed by atoms with van der Waals surface area (Å²) in [5.41, 5.74) is 25.3. The molecule has 4 aromatic rings. The van der Waals surface area contributed by atoms with Gasteiger partial charge in [-0.25, -0.2) is 0 Å². The number of nitrogen functional groups attached to an aromatic ring is 2. The molecule has 0 amide bonds. The van der Waals surface area contributed by atoms with Crippen LogP contribution in [-0.2, 0) is 5.41 Å². The number of anilines is 2. The van der Waals surface area contributed by atoms with Crippen LogP contribution in [0.15, 0.2) is 84.9 Å². The quantitative estimate of drug-likeness (QED) is 0.0809. The second-order valence-electron chi connectivity index (χ2n) is 16.1. The molecular formula is C49H68N2. The zero-order valence-corrected chi connectivity index (χ0v) is 32.8. The summed E-state index contributed by atoms with van der Waals surface area (Å²) in [5.74, 6) is 1.65. The second-order valence-corrected chi connectivity index (χ2v) is 16.1. The Morgan fingerprint density at radius 1 is 0.549 bits per heavy atom. The van der Waals surface area contributed by atoms with Gasteiger partial charge in [-0.05, 0) is 127 Å². The molecule has 1 fully saturated rings. The van der Waals surface area contributed by atoms with Crippen molar-refractivity contribution in [2.24, 2.45) is 5.92 Å². The molecule has 0 saturated heterocycles. The van der Waals surface area contributed by atoms with E-state index < -0.39 is 0 Å². The Morgan fingerprint density at radius 3 is 1.39 bits per heavy atom. The molecule has 4 aromatic carbocycles. The summed E-state index contributed by atoms with van der Waals surface area (Å²) in [4.78, 5) is 0. The highest BCUT2D eigenvalue weighted by atomic mass is 14.5. The molecule has 2 atom stereocenters. The smallest absolute Gasteiger partial charge is 0.0316 e. The topological polar surface area (TPSA) is 52.0 Å². The van der Waals surface area contributed by atoms with E-state index in [1.165, 1.54) is 122 Å². The number of aryl methyl sites for hydroxylation is 2. The zero-order valence-electron chi connectivity index (χ0n) is 32.8. The highest BCUT2D eigenvalue weighted by Crippen LogP contribution is 2.48. The fraction of sp³-hybridized carbons (Fsp3) is 0.510. The van der Waals surface area contributed by atoms with Gasteiger partial charge in [0.05, 0.1) is 0 Å². The third-order valence-corrected chi connectivity index (χ3v) is 12.4. The Balaban J connectivity index is 1.42. The van der Waals surface area contributed by atoms with Gasteiger partial charge >= 0.3 is 0 Å². The first-order valence-electron chi connectivity index (χ1n) is 20.7. The van der Waals surface area contributed by atoms with Crippen LogP contribution in [0.2, 0.25) is 0 Å². The number of benzene rings is 4. The van der Waals surface area contributed by atoms with E-state index in [1.54, 1.807) is 0 Å². The van der Waals surface area contributed by atoms with Gasteiger partial charge in [0, 0.05) is 28.6 Å². The van der Waals surface area contributed by atoms with Crippen molar-refractivity contribution in [3.63, 3.8) is 0 Å². The molecule has 0 radical (unpaired) electrons. The number of unbranched alkanes of at least 4 members (excludes halogenated alkanes) is 6. The largest absolute Gasteiger partial charge is 0.399 e. The average molecular weight is 685 g/mol. The normalized spacial score (nSPS) is 18.8. The second kappa shape index (κ2) is 18.8. The lowest BCUT2D eigenvalue weighted by atomic mass is 9.62. The summed E-state index contributed by atoms with van der Waals surface area (Å²) in [6, 6.07) is 32.7. The standard InChI is InChI=1S/C49H68N2/c1-6-9-10-11-12-13-14-17-38-30-32-49(33-31-38,41-22-18-39(19-23-41)47(15-7-2)45-28-26-43(50)34-36(45)4)42-24-20-40(21-25-42)48(16-8-3)46-29-27-44(51)35-37(46)5/h18-29,34-35,38,47-48H,6-17,30-33,50-51H2,1-5H3. The molecule has 0 aliphatic heterocycles. The van der Waals surface area contributed by atoms with E-state index >= 15 is 0 Å². The lowest BCUT2D eigenvalue weighted by Gasteiger charge is -2.42. The Kier molecular flexibility index (Phi) is 14.3.